The Labute approximate surface area is 128 Å². The smallest absolute Gasteiger partial charge is 0.266 e. The molecule has 2 rings (SSSR count). The van der Waals surface area contributed by atoms with Crippen LogP contribution in [0.5, 0.6) is 5.75 Å². The van der Waals surface area contributed by atoms with E-state index in [9.17, 15) is 9.59 Å². The first-order valence-corrected chi connectivity index (χ1v) is 7.01. The summed E-state index contributed by atoms with van der Waals surface area (Å²) < 4.78 is 10.6. The van der Waals surface area contributed by atoms with Gasteiger partial charge in [-0.2, -0.15) is 0 Å². The van der Waals surface area contributed by atoms with Crippen LogP contribution in [-0.4, -0.2) is 23.0 Å². The number of amides is 1. The molecule has 22 heavy (non-hydrogen) atoms. The predicted octanol–water partition coefficient (Wildman–Crippen LogP) is 2.98. The second kappa shape index (κ2) is 6.89. The van der Waals surface area contributed by atoms with Gasteiger partial charge in [0.05, 0.1) is 0 Å². The van der Waals surface area contributed by atoms with E-state index in [4.69, 9.17) is 9.26 Å². The van der Waals surface area contributed by atoms with Crippen LogP contribution < -0.4 is 10.1 Å². The highest BCUT2D eigenvalue weighted by atomic mass is 16.5. The molecule has 1 amide bonds. The van der Waals surface area contributed by atoms with Gasteiger partial charge in [0.25, 0.3) is 5.91 Å². The molecular formula is C16H18N2O4. The summed E-state index contributed by atoms with van der Waals surface area (Å²) in [5.74, 6) is 1.07. The van der Waals surface area contributed by atoms with Crippen LogP contribution in [0.25, 0.3) is 0 Å². The van der Waals surface area contributed by atoms with Crippen LogP contribution in [0.4, 0.5) is 5.82 Å². The first-order chi connectivity index (χ1) is 10.5. The van der Waals surface area contributed by atoms with Gasteiger partial charge >= 0.3 is 0 Å². The number of benzene rings is 1. The molecule has 1 aromatic heterocycles. The third kappa shape index (κ3) is 3.94. The summed E-state index contributed by atoms with van der Waals surface area (Å²) in [6, 6.07) is 8.38. The highest BCUT2D eigenvalue weighted by Crippen LogP contribution is 2.17. The van der Waals surface area contributed by atoms with Gasteiger partial charge in [-0.1, -0.05) is 24.2 Å². The standard InChI is InChI=1S/C16H18N2O4/c1-4-14(16(20)17-15-8-10(2)22-18-15)21-13-7-5-6-12(9-13)11(3)19/h5-9,14H,4H2,1-3H3,(H,17,18,20). The fourth-order valence-corrected chi connectivity index (χ4v) is 1.91. The maximum atomic E-state index is 12.2. The van der Waals surface area contributed by atoms with Gasteiger partial charge in [0.2, 0.25) is 0 Å². The number of Topliss-reactive ketones (excluding diaryl/α,β-unsaturated/α-hetero) is 1. The van der Waals surface area contributed by atoms with Crippen molar-refractivity contribution in [2.24, 2.45) is 0 Å². The molecule has 1 aromatic carbocycles. The average Bonchev–Trinajstić information content (AvgIpc) is 2.90. The van der Waals surface area contributed by atoms with Gasteiger partial charge in [-0.05, 0) is 32.4 Å². The summed E-state index contributed by atoms with van der Waals surface area (Å²) in [5.41, 5.74) is 0.542. The Morgan fingerprint density at radius 3 is 2.73 bits per heavy atom. The second-order valence-electron chi connectivity index (χ2n) is 4.91. The van der Waals surface area contributed by atoms with Crippen LogP contribution >= 0.6 is 0 Å². The summed E-state index contributed by atoms with van der Waals surface area (Å²) in [4.78, 5) is 23.6. The number of hydrogen-bond donors (Lipinski definition) is 1. The number of aryl methyl sites for hydroxylation is 1. The quantitative estimate of drug-likeness (QED) is 0.830. The maximum absolute atomic E-state index is 12.2. The lowest BCUT2D eigenvalue weighted by Gasteiger charge is -2.16. The van der Waals surface area contributed by atoms with Crippen molar-refractivity contribution < 1.29 is 18.8 Å². The number of anilines is 1. The third-order valence-corrected chi connectivity index (χ3v) is 3.06. The number of nitrogens with zero attached hydrogens (tertiary/aromatic N) is 1. The molecule has 116 valence electrons. The highest BCUT2D eigenvalue weighted by molar-refractivity contribution is 5.95. The number of carbonyl (C=O) groups is 2. The van der Waals surface area contributed by atoms with Crippen molar-refractivity contribution in [3.05, 3.63) is 41.7 Å². The van der Waals surface area contributed by atoms with Crippen LogP contribution in [0, 0.1) is 6.92 Å². The normalized spacial score (nSPS) is 11.8. The van der Waals surface area contributed by atoms with E-state index in [-0.39, 0.29) is 11.7 Å². The van der Waals surface area contributed by atoms with E-state index in [0.29, 0.717) is 29.3 Å². The van der Waals surface area contributed by atoms with Crippen molar-refractivity contribution in [2.45, 2.75) is 33.3 Å². The maximum Gasteiger partial charge on any atom is 0.266 e. The largest absolute Gasteiger partial charge is 0.481 e. The predicted molar refractivity (Wildman–Crippen MR) is 81.0 cm³/mol. The second-order valence-corrected chi connectivity index (χ2v) is 4.91. The lowest BCUT2D eigenvalue weighted by molar-refractivity contribution is -0.122. The molecule has 1 heterocycles. The summed E-state index contributed by atoms with van der Waals surface area (Å²) in [6.45, 7) is 5.06. The van der Waals surface area contributed by atoms with Gasteiger partial charge in [0.1, 0.15) is 11.5 Å². The monoisotopic (exact) mass is 302 g/mol. The van der Waals surface area contributed by atoms with Crippen molar-refractivity contribution in [1.29, 1.82) is 0 Å². The number of carbonyl (C=O) groups excluding carboxylic acids is 2. The van der Waals surface area contributed by atoms with Crippen LogP contribution in [-0.2, 0) is 4.79 Å². The molecule has 0 bridgehead atoms. The summed E-state index contributed by atoms with van der Waals surface area (Å²) in [5, 5.41) is 6.35. The van der Waals surface area contributed by atoms with Gasteiger partial charge in [0, 0.05) is 11.6 Å². The fourth-order valence-electron chi connectivity index (χ4n) is 1.91. The minimum absolute atomic E-state index is 0.0546. The van der Waals surface area contributed by atoms with E-state index < -0.39 is 6.10 Å². The van der Waals surface area contributed by atoms with Gasteiger partial charge < -0.3 is 14.6 Å². The Morgan fingerprint density at radius 1 is 1.36 bits per heavy atom. The molecule has 0 radical (unpaired) electrons. The van der Waals surface area contributed by atoms with Gasteiger partial charge in [-0.15, -0.1) is 0 Å². The summed E-state index contributed by atoms with van der Waals surface area (Å²) >= 11 is 0. The minimum atomic E-state index is -0.681. The minimum Gasteiger partial charge on any atom is -0.481 e. The van der Waals surface area contributed by atoms with Crippen LogP contribution in [0.1, 0.15) is 36.4 Å². The number of rotatable bonds is 6. The van der Waals surface area contributed by atoms with Crippen LogP contribution in [0.3, 0.4) is 0 Å². The van der Waals surface area contributed by atoms with E-state index in [1.54, 1.807) is 37.3 Å². The molecule has 1 atom stereocenters. The summed E-state index contributed by atoms with van der Waals surface area (Å²) in [7, 11) is 0. The van der Waals surface area contributed by atoms with Crippen molar-refractivity contribution in [3.8, 4) is 5.75 Å². The molecular weight excluding hydrogens is 284 g/mol. The Kier molecular flexibility index (Phi) is 4.93. The molecule has 6 heteroatoms. The molecule has 0 fully saturated rings. The first kappa shape index (κ1) is 15.8. The number of ether oxygens (including phenoxy) is 1. The van der Waals surface area contributed by atoms with E-state index in [2.05, 4.69) is 10.5 Å². The summed E-state index contributed by atoms with van der Waals surface area (Å²) in [6.07, 6.45) is -0.202. The molecule has 0 aliphatic rings. The van der Waals surface area contributed by atoms with Crippen molar-refractivity contribution >= 4 is 17.5 Å². The van der Waals surface area contributed by atoms with E-state index in [0.717, 1.165) is 0 Å². The van der Waals surface area contributed by atoms with Crippen molar-refractivity contribution in [2.75, 3.05) is 5.32 Å². The van der Waals surface area contributed by atoms with Crippen molar-refractivity contribution in [1.82, 2.24) is 5.16 Å². The topological polar surface area (TPSA) is 81.4 Å². The molecule has 2 aromatic rings. The Hall–Kier alpha value is -2.63. The van der Waals surface area contributed by atoms with E-state index in [1.165, 1.54) is 6.92 Å². The van der Waals surface area contributed by atoms with Gasteiger partial charge in [-0.25, -0.2) is 0 Å². The van der Waals surface area contributed by atoms with Crippen LogP contribution in [0.15, 0.2) is 34.9 Å². The molecule has 0 spiro atoms. The first-order valence-electron chi connectivity index (χ1n) is 7.01. The number of aromatic nitrogens is 1. The fraction of sp³-hybridized carbons (Fsp3) is 0.312. The Bertz CT molecular complexity index is 678. The molecule has 0 saturated heterocycles. The zero-order chi connectivity index (χ0) is 16.1. The molecule has 0 aliphatic carbocycles. The number of nitrogens with one attached hydrogen (secondary N) is 1. The number of hydrogen-bond acceptors (Lipinski definition) is 5. The van der Waals surface area contributed by atoms with E-state index in [1.807, 2.05) is 6.92 Å². The lowest BCUT2D eigenvalue weighted by atomic mass is 10.1. The molecule has 0 saturated carbocycles. The van der Waals surface area contributed by atoms with Crippen molar-refractivity contribution in [3.63, 3.8) is 0 Å². The Balaban J connectivity index is 2.06. The third-order valence-electron chi connectivity index (χ3n) is 3.06. The van der Waals surface area contributed by atoms with Gasteiger partial charge in [0.15, 0.2) is 17.7 Å². The zero-order valence-electron chi connectivity index (χ0n) is 12.8. The lowest BCUT2D eigenvalue weighted by Crippen LogP contribution is -2.32. The molecule has 1 unspecified atom stereocenters. The van der Waals surface area contributed by atoms with Gasteiger partial charge in [-0.3, -0.25) is 9.59 Å². The molecule has 6 nitrogen and oxygen atoms in total. The molecule has 0 aliphatic heterocycles. The zero-order valence-corrected chi connectivity index (χ0v) is 12.8. The number of ketones is 1. The highest BCUT2D eigenvalue weighted by Gasteiger charge is 2.20. The van der Waals surface area contributed by atoms with E-state index >= 15 is 0 Å². The Morgan fingerprint density at radius 2 is 2.14 bits per heavy atom. The average molecular weight is 302 g/mol. The SMILES string of the molecule is CCC(Oc1cccc(C(C)=O)c1)C(=O)Nc1cc(C)on1. The molecule has 1 N–H and O–H groups in total. The van der Waals surface area contributed by atoms with Crippen LogP contribution in [0.2, 0.25) is 0 Å².